The Morgan fingerprint density at radius 2 is 1.83 bits per heavy atom. The van der Waals surface area contributed by atoms with E-state index in [9.17, 15) is 9.18 Å². The van der Waals surface area contributed by atoms with Crippen LogP contribution in [0.3, 0.4) is 0 Å². The average Bonchev–Trinajstić information content (AvgIpc) is 3.65. The van der Waals surface area contributed by atoms with Crippen LogP contribution in [0.15, 0.2) is 73.2 Å². The molecular weight excluding hydrogens is 531 g/mol. The van der Waals surface area contributed by atoms with Crippen LogP contribution in [0.2, 0.25) is 0 Å². The van der Waals surface area contributed by atoms with E-state index in [1.807, 2.05) is 30.3 Å². The fourth-order valence-electron chi connectivity index (χ4n) is 5.92. The number of benzene rings is 2. The number of carbonyl (C=O) groups excluding carboxylic acids is 1. The van der Waals surface area contributed by atoms with Gasteiger partial charge in [0.2, 0.25) is 5.91 Å². The van der Waals surface area contributed by atoms with Gasteiger partial charge in [-0.3, -0.25) is 14.9 Å². The van der Waals surface area contributed by atoms with Gasteiger partial charge in [0.05, 0.1) is 30.2 Å². The Morgan fingerprint density at radius 3 is 2.69 bits per heavy atom. The molecule has 3 N–H and O–H groups in total. The summed E-state index contributed by atoms with van der Waals surface area (Å²) in [6, 6.07) is 16.5. The summed E-state index contributed by atoms with van der Waals surface area (Å²) in [5.41, 5.74) is 7.14. The molecule has 0 radical (unpaired) electrons. The molecule has 4 heterocycles. The normalized spacial score (nSPS) is 14.0. The molecule has 7 rings (SSSR count). The number of pyridine rings is 2. The van der Waals surface area contributed by atoms with Crippen molar-refractivity contribution in [2.75, 3.05) is 12.4 Å². The smallest absolute Gasteiger partial charge is 0.227 e. The summed E-state index contributed by atoms with van der Waals surface area (Å²) in [6.07, 6.45) is 10.5. The summed E-state index contributed by atoms with van der Waals surface area (Å²) in [5, 5.41) is 12.6. The van der Waals surface area contributed by atoms with Gasteiger partial charge in [0.15, 0.2) is 0 Å². The predicted molar refractivity (Wildman–Crippen MR) is 162 cm³/mol. The number of amides is 1. The van der Waals surface area contributed by atoms with Gasteiger partial charge in [0.1, 0.15) is 22.9 Å². The number of ether oxygens (including phenoxy) is 1. The first-order valence-corrected chi connectivity index (χ1v) is 14.1. The fourth-order valence-corrected chi connectivity index (χ4v) is 5.92. The van der Waals surface area contributed by atoms with Crippen LogP contribution >= 0.6 is 0 Å². The molecule has 0 spiro atoms. The minimum atomic E-state index is -0.372. The molecule has 9 heteroatoms. The van der Waals surface area contributed by atoms with E-state index in [0.29, 0.717) is 22.6 Å². The Hall–Kier alpha value is -5.05. The van der Waals surface area contributed by atoms with Gasteiger partial charge >= 0.3 is 0 Å². The molecule has 4 aromatic heterocycles. The Balaban J connectivity index is 1.23. The molecule has 0 unspecified atom stereocenters. The zero-order valence-corrected chi connectivity index (χ0v) is 23.1. The number of halogens is 1. The van der Waals surface area contributed by atoms with Crippen molar-refractivity contribution in [2.45, 2.75) is 32.1 Å². The molecule has 1 fully saturated rings. The number of fused-ring (bicyclic) bond motifs is 2. The van der Waals surface area contributed by atoms with Crippen molar-refractivity contribution in [1.29, 1.82) is 0 Å². The first-order chi connectivity index (χ1) is 20.6. The summed E-state index contributed by atoms with van der Waals surface area (Å²) in [4.78, 5) is 25.1. The van der Waals surface area contributed by atoms with E-state index in [2.05, 4.69) is 36.5 Å². The number of anilines is 1. The van der Waals surface area contributed by atoms with Gasteiger partial charge in [0, 0.05) is 40.7 Å². The van der Waals surface area contributed by atoms with Crippen molar-refractivity contribution in [3.8, 4) is 39.4 Å². The zero-order chi connectivity index (χ0) is 28.6. The van der Waals surface area contributed by atoms with Crippen LogP contribution in [-0.4, -0.2) is 38.2 Å². The van der Waals surface area contributed by atoms with E-state index >= 15 is 0 Å². The summed E-state index contributed by atoms with van der Waals surface area (Å²) >= 11 is 0. The number of nitrogens with one attached hydrogen (secondary N) is 3. The van der Waals surface area contributed by atoms with Gasteiger partial charge < -0.3 is 15.0 Å². The standard InChI is InChI=1S/C33H29FN6O2/c1-42-25-13-21(11-23(34)15-25)26-9-10-36-32-27(26)16-30(38-32)31-28-14-20(7-8-29(28)39-40-31)22-12-24(18-35-17-22)37-33(41)19-5-3-2-4-6-19/h7-19H,2-6H2,1H3,(H,36,38)(H,37,41)(H,39,40). The van der Waals surface area contributed by atoms with Gasteiger partial charge in [-0.05, 0) is 72.0 Å². The van der Waals surface area contributed by atoms with Crippen molar-refractivity contribution >= 4 is 33.5 Å². The van der Waals surface area contributed by atoms with Crippen LogP contribution in [0.25, 0.3) is 55.6 Å². The van der Waals surface area contributed by atoms with E-state index in [-0.39, 0.29) is 17.6 Å². The molecular formula is C33H29FN6O2. The maximum absolute atomic E-state index is 14.3. The molecule has 0 aliphatic heterocycles. The molecule has 2 aromatic carbocycles. The first kappa shape index (κ1) is 25.9. The molecule has 0 bridgehead atoms. The SMILES string of the molecule is COc1cc(F)cc(-c2ccnc3[nH]c(-c4n[nH]c5ccc(-c6cncc(NC(=O)C7CCCCC7)c6)cc45)cc23)c1. The van der Waals surface area contributed by atoms with Crippen LogP contribution < -0.4 is 10.1 Å². The molecule has 6 aromatic rings. The first-order valence-electron chi connectivity index (χ1n) is 14.1. The number of nitrogens with zero attached hydrogens (tertiary/aromatic N) is 3. The van der Waals surface area contributed by atoms with Gasteiger partial charge in [-0.15, -0.1) is 0 Å². The van der Waals surface area contributed by atoms with Crippen LogP contribution in [0.5, 0.6) is 5.75 Å². The quantitative estimate of drug-likeness (QED) is 0.195. The highest BCUT2D eigenvalue weighted by atomic mass is 19.1. The monoisotopic (exact) mass is 560 g/mol. The highest BCUT2D eigenvalue weighted by molar-refractivity contribution is 6.01. The van der Waals surface area contributed by atoms with Crippen molar-refractivity contribution in [3.05, 3.63) is 79.0 Å². The lowest BCUT2D eigenvalue weighted by atomic mass is 9.88. The molecule has 0 atom stereocenters. The number of methoxy groups -OCH3 is 1. The molecule has 0 saturated heterocycles. The number of rotatable bonds is 6. The highest BCUT2D eigenvalue weighted by Crippen LogP contribution is 2.36. The van der Waals surface area contributed by atoms with Gasteiger partial charge in [-0.2, -0.15) is 5.10 Å². The predicted octanol–water partition coefficient (Wildman–Crippen LogP) is 7.50. The molecule has 1 saturated carbocycles. The second-order valence-electron chi connectivity index (χ2n) is 10.8. The van der Waals surface area contributed by atoms with Gasteiger partial charge in [-0.25, -0.2) is 9.37 Å². The van der Waals surface area contributed by atoms with Crippen LogP contribution in [0.4, 0.5) is 10.1 Å². The Morgan fingerprint density at radius 1 is 0.952 bits per heavy atom. The third kappa shape index (κ3) is 4.87. The van der Waals surface area contributed by atoms with Crippen molar-refractivity contribution < 1.29 is 13.9 Å². The van der Waals surface area contributed by atoms with Crippen molar-refractivity contribution in [2.24, 2.45) is 5.92 Å². The van der Waals surface area contributed by atoms with Crippen LogP contribution in [0, 0.1) is 11.7 Å². The van der Waals surface area contributed by atoms with E-state index in [0.717, 1.165) is 70.1 Å². The molecule has 1 amide bonds. The van der Waals surface area contributed by atoms with Crippen LogP contribution in [-0.2, 0) is 4.79 Å². The Bertz CT molecular complexity index is 1940. The van der Waals surface area contributed by atoms with Crippen LogP contribution in [0.1, 0.15) is 32.1 Å². The minimum absolute atomic E-state index is 0.0708. The molecule has 210 valence electrons. The third-order valence-electron chi connectivity index (χ3n) is 8.08. The Labute approximate surface area is 241 Å². The minimum Gasteiger partial charge on any atom is -0.497 e. The summed E-state index contributed by atoms with van der Waals surface area (Å²) in [6.45, 7) is 0. The van der Waals surface area contributed by atoms with E-state index < -0.39 is 0 Å². The summed E-state index contributed by atoms with van der Waals surface area (Å²) < 4.78 is 19.6. The second-order valence-corrected chi connectivity index (χ2v) is 10.8. The lowest BCUT2D eigenvalue weighted by molar-refractivity contribution is -0.120. The summed E-state index contributed by atoms with van der Waals surface area (Å²) in [7, 11) is 1.52. The number of hydrogen-bond donors (Lipinski definition) is 3. The number of carbonyl (C=O) groups is 1. The highest BCUT2D eigenvalue weighted by Gasteiger charge is 2.21. The van der Waals surface area contributed by atoms with E-state index in [4.69, 9.17) is 4.74 Å². The maximum Gasteiger partial charge on any atom is 0.227 e. The number of aromatic amines is 2. The molecule has 42 heavy (non-hydrogen) atoms. The number of H-pyrrole nitrogens is 2. The number of hydrogen-bond acceptors (Lipinski definition) is 5. The van der Waals surface area contributed by atoms with E-state index in [1.54, 1.807) is 24.7 Å². The summed E-state index contributed by atoms with van der Waals surface area (Å²) in [5.74, 6) is 0.220. The average molecular weight is 561 g/mol. The molecule has 1 aliphatic carbocycles. The number of aromatic nitrogens is 5. The maximum atomic E-state index is 14.3. The lowest BCUT2D eigenvalue weighted by Crippen LogP contribution is -2.24. The zero-order valence-electron chi connectivity index (χ0n) is 23.1. The van der Waals surface area contributed by atoms with Gasteiger partial charge in [-0.1, -0.05) is 25.3 Å². The Kier molecular flexibility index (Phi) is 6.62. The largest absolute Gasteiger partial charge is 0.497 e. The lowest BCUT2D eigenvalue weighted by Gasteiger charge is -2.20. The van der Waals surface area contributed by atoms with Gasteiger partial charge in [0.25, 0.3) is 0 Å². The fraction of sp³-hybridized carbons (Fsp3) is 0.212. The molecule has 8 nitrogen and oxygen atoms in total. The van der Waals surface area contributed by atoms with Crippen molar-refractivity contribution in [3.63, 3.8) is 0 Å². The second kappa shape index (κ2) is 10.7. The van der Waals surface area contributed by atoms with E-state index in [1.165, 1.54) is 25.7 Å². The topological polar surface area (TPSA) is 109 Å². The van der Waals surface area contributed by atoms with Crippen molar-refractivity contribution in [1.82, 2.24) is 25.1 Å². The third-order valence-corrected chi connectivity index (χ3v) is 8.08. The molecule has 1 aliphatic rings.